The smallest absolute Gasteiger partial charge is 0.308 e. The van der Waals surface area contributed by atoms with Crippen molar-refractivity contribution in [3.63, 3.8) is 0 Å². The molecular formula is C14H27IN4O3. The zero-order valence-electron chi connectivity index (χ0n) is 13.7. The van der Waals surface area contributed by atoms with E-state index in [9.17, 15) is 9.59 Å². The van der Waals surface area contributed by atoms with Gasteiger partial charge in [-0.1, -0.05) is 0 Å². The Labute approximate surface area is 149 Å². The zero-order valence-corrected chi connectivity index (χ0v) is 16.0. The topological polar surface area (TPSA) is 83.0 Å². The van der Waals surface area contributed by atoms with Crippen LogP contribution in [0.4, 0.5) is 0 Å². The van der Waals surface area contributed by atoms with Crippen molar-refractivity contribution >= 4 is 41.8 Å². The van der Waals surface area contributed by atoms with Crippen LogP contribution in [0.5, 0.6) is 0 Å². The number of guanidine groups is 1. The molecule has 0 aliphatic carbocycles. The highest BCUT2D eigenvalue weighted by atomic mass is 127. The third-order valence-electron chi connectivity index (χ3n) is 3.40. The van der Waals surface area contributed by atoms with Crippen LogP contribution in [0.1, 0.15) is 26.7 Å². The van der Waals surface area contributed by atoms with Crippen molar-refractivity contribution in [3.8, 4) is 0 Å². The molecular weight excluding hydrogens is 399 g/mol. The number of hydrogen-bond donors (Lipinski definition) is 2. The van der Waals surface area contributed by atoms with Crippen molar-refractivity contribution in [1.29, 1.82) is 0 Å². The van der Waals surface area contributed by atoms with Gasteiger partial charge in [-0.3, -0.25) is 14.6 Å². The van der Waals surface area contributed by atoms with E-state index in [4.69, 9.17) is 4.74 Å². The number of aliphatic imine (C=N–C) groups is 1. The number of methoxy groups -OCH3 is 1. The van der Waals surface area contributed by atoms with Gasteiger partial charge in [-0.05, 0) is 26.7 Å². The molecule has 0 unspecified atom stereocenters. The number of carbonyl (C=O) groups is 2. The molecule has 1 rings (SSSR count). The second-order valence-electron chi connectivity index (χ2n) is 5.41. The summed E-state index contributed by atoms with van der Waals surface area (Å²) in [5, 5.41) is 5.87. The summed E-state index contributed by atoms with van der Waals surface area (Å²) in [6, 6.07) is 0.122. The molecule has 8 heteroatoms. The molecule has 0 aromatic heterocycles. The molecule has 1 aliphatic heterocycles. The van der Waals surface area contributed by atoms with Crippen LogP contribution >= 0.6 is 24.0 Å². The minimum atomic E-state index is -0.145. The number of halogens is 1. The van der Waals surface area contributed by atoms with E-state index in [1.54, 1.807) is 7.05 Å². The maximum atomic E-state index is 11.6. The Morgan fingerprint density at radius 2 is 1.91 bits per heavy atom. The lowest BCUT2D eigenvalue weighted by molar-refractivity contribution is -0.146. The van der Waals surface area contributed by atoms with E-state index >= 15 is 0 Å². The minimum Gasteiger partial charge on any atom is -0.469 e. The van der Waals surface area contributed by atoms with Crippen LogP contribution < -0.4 is 10.6 Å². The van der Waals surface area contributed by atoms with E-state index in [0.717, 1.165) is 25.9 Å². The average Bonchev–Trinajstić information content (AvgIpc) is 2.47. The number of amides is 1. The van der Waals surface area contributed by atoms with Crippen LogP contribution in [0.3, 0.4) is 0 Å². The SMILES string of the molecule is CN=C(NCC(=O)NC(C)C)N1CCC(C(=O)OC)CC1.I. The molecule has 2 N–H and O–H groups in total. The van der Waals surface area contributed by atoms with Gasteiger partial charge in [-0.25, -0.2) is 0 Å². The van der Waals surface area contributed by atoms with Gasteiger partial charge in [-0.15, -0.1) is 24.0 Å². The van der Waals surface area contributed by atoms with Crippen LogP contribution in [0.25, 0.3) is 0 Å². The van der Waals surface area contributed by atoms with Crippen LogP contribution in [-0.4, -0.2) is 62.6 Å². The quantitative estimate of drug-likeness (QED) is 0.298. The van der Waals surface area contributed by atoms with Gasteiger partial charge < -0.3 is 20.3 Å². The fourth-order valence-electron chi connectivity index (χ4n) is 2.36. The number of esters is 1. The van der Waals surface area contributed by atoms with Gasteiger partial charge in [0, 0.05) is 26.2 Å². The number of rotatable bonds is 4. The van der Waals surface area contributed by atoms with E-state index in [-0.39, 0.29) is 54.4 Å². The maximum Gasteiger partial charge on any atom is 0.308 e. The largest absolute Gasteiger partial charge is 0.469 e. The van der Waals surface area contributed by atoms with E-state index in [0.29, 0.717) is 5.96 Å². The third kappa shape index (κ3) is 6.80. The van der Waals surface area contributed by atoms with Gasteiger partial charge >= 0.3 is 5.97 Å². The first-order valence-electron chi connectivity index (χ1n) is 7.30. The molecule has 0 bridgehead atoms. The Bertz CT molecular complexity index is 394. The first-order chi connectivity index (χ1) is 9.97. The van der Waals surface area contributed by atoms with Crippen molar-refractivity contribution in [2.24, 2.45) is 10.9 Å². The Kier molecular flexibility index (Phi) is 10.1. The fraction of sp³-hybridized carbons (Fsp3) is 0.786. The summed E-state index contributed by atoms with van der Waals surface area (Å²) in [4.78, 5) is 29.4. The highest BCUT2D eigenvalue weighted by Gasteiger charge is 2.27. The third-order valence-corrected chi connectivity index (χ3v) is 3.40. The number of carbonyl (C=O) groups excluding carboxylic acids is 2. The molecule has 0 aromatic carbocycles. The minimum absolute atomic E-state index is 0. The lowest BCUT2D eigenvalue weighted by Gasteiger charge is -2.33. The summed E-state index contributed by atoms with van der Waals surface area (Å²) in [5.74, 6) is 0.454. The number of likely N-dealkylation sites (tertiary alicyclic amines) is 1. The Hall–Kier alpha value is -1.06. The summed E-state index contributed by atoms with van der Waals surface area (Å²) < 4.78 is 4.77. The van der Waals surface area contributed by atoms with Crippen LogP contribution in [0.2, 0.25) is 0 Å². The first kappa shape index (κ1) is 20.9. The number of nitrogens with zero attached hydrogens (tertiary/aromatic N) is 2. The zero-order chi connectivity index (χ0) is 15.8. The molecule has 1 saturated heterocycles. The van der Waals surface area contributed by atoms with Crippen molar-refractivity contribution < 1.29 is 14.3 Å². The highest BCUT2D eigenvalue weighted by molar-refractivity contribution is 14.0. The molecule has 1 amide bonds. The molecule has 22 heavy (non-hydrogen) atoms. The van der Waals surface area contributed by atoms with Gasteiger partial charge in [0.15, 0.2) is 5.96 Å². The monoisotopic (exact) mass is 426 g/mol. The standard InChI is InChI=1S/C14H26N4O3.HI/c1-10(2)17-12(19)9-16-14(15-3)18-7-5-11(6-8-18)13(20)21-4;/h10-11H,5-9H2,1-4H3,(H,15,16)(H,17,19);1H. The molecule has 0 atom stereocenters. The van der Waals surface area contributed by atoms with E-state index in [1.807, 2.05) is 13.8 Å². The fourth-order valence-corrected chi connectivity index (χ4v) is 2.36. The Morgan fingerprint density at radius 3 is 2.36 bits per heavy atom. The van der Waals surface area contributed by atoms with Crippen LogP contribution in [0.15, 0.2) is 4.99 Å². The molecule has 0 radical (unpaired) electrons. The number of nitrogens with one attached hydrogen (secondary N) is 2. The summed E-state index contributed by atoms with van der Waals surface area (Å²) in [7, 11) is 3.11. The highest BCUT2D eigenvalue weighted by Crippen LogP contribution is 2.18. The molecule has 0 spiro atoms. The lowest BCUT2D eigenvalue weighted by atomic mass is 9.97. The molecule has 1 heterocycles. The second kappa shape index (κ2) is 10.6. The van der Waals surface area contributed by atoms with Gasteiger partial charge in [0.25, 0.3) is 0 Å². The maximum absolute atomic E-state index is 11.6. The lowest BCUT2D eigenvalue weighted by Crippen LogP contribution is -2.49. The Balaban J connectivity index is 0.00000441. The normalized spacial score (nSPS) is 16.0. The van der Waals surface area contributed by atoms with E-state index < -0.39 is 0 Å². The predicted octanol–water partition coefficient (Wildman–Crippen LogP) is 0.589. The summed E-state index contributed by atoms with van der Waals surface area (Å²) in [6.07, 6.45) is 1.48. The van der Waals surface area contributed by atoms with E-state index in [2.05, 4.69) is 20.5 Å². The van der Waals surface area contributed by atoms with Gasteiger partial charge in [0.2, 0.25) is 5.91 Å². The Morgan fingerprint density at radius 1 is 1.32 bits per heavy atom. The summed E-state index contributed by atoms with van der Waals surface area (Å²) in [5.41, 5.74) is 0. The predicted molar refractivity (Wildman–Crippen MR) is 96.4 cm³/mol. The van der Waals surface area contributed by atoms with E-state index in [1.165, 1.54) is 7.11 Å². The molecule has 1 aliphatic rings. The first-order valence-corrected chi connectivity index (χ1v) is 7.30. The number of ether oxygens (including phenoxy) is 1. The second-order valence-corrected chi connectivity index (χ2v) is 5.41. The van der Waals surface area contributed by atoms with Gasteiger partial charge in [0.05, 0.1) is 19.6 Å². The van der Waals surface area contributed by atoms with Gasteiger partial charge in [-0.2, -0.15) is 0 Å². The van der Waals surface area contributed by atoms with Gasteiger partial charge in [0.1, 0.15) is 0 Å². The van der Waals surface area contributed by atoms with Crippen molar-refractivity contribution in [2.45, 2.75) is 32.7 Å². The molecule has 0 aromatic rings. The van der Waals surface area contributed by atoms with Crippen molar-refractivity contribution in [2.75, 3.05) is 33.8 Å². The summed E-state index contributed by atoms with van der Waals surface area (Å²) in [6.45, 7) is 5.49. The van der Waals surface area contributed by atoms with Crippen molar-refractivity contribution in [1.82, 2.24) is 15.5 Å². The number of hydrogen-bond acceptors (Lipinski definition) is 4. The molecule has 0 saturated carbocycles. The van der Waals surface area contributed by atoms with Crippen LogP contribution in [-0.2, 0) is 14.3 Å². The molecule has 7 nitrogen and oxygen atoms in total. The van der Waals surface area contributed by atoms with Crippen molar-refractivity contribution in [3.05, 3.63) is 0 Å². The summed E-state index contributed by atoms with van der Waals surface area (Å²) >= 11 is 0. The number of piperidine rings is 1. The average molecular weight is 426 g/mol. The molecule has 1 fully saturated rings. The van der Waals surface area contributed by atoms with Crippen LogP contribution in [0, 0.1) is 5.92 Å². The molecule has 128 valence electrons.